The van der Waals surface area contributed by atoms with Gasteiger partial charge in [0.2, 0.25) is 0 Å². The molecule has 0 spiro atoms. The van der Waals surface area contributed by atoms with E-state index in [0.717, 1.165) is 18.4 Å². The maximum atomic E-state index is 3.56. The average Bonchev–Trinajstić information content (AvgIpc) is 2.73. The zero-order valence-corrected chi connectivity index (χ0v) is 13.0. The summed E-state index contributed by atoms with van der Waals surface area (Å²) in [5.74, 6) is 1.75. The number of fused-ring (bicyclic) bond motifs is 1. The normalized spacial score (nSPS) is 23.1. The van der Waals surface area contributed by atoms with Crippen molar-refractivity contribution in [2.45, 2.75) is 46.0 Å². The van der Waals surface area contributed by atoms with Gasteiger partial charge in [0.05, 0.1) is 0 Å². The Hall–Kier alpha value is -1.18. The monoisotopic (exact) mass is 272 g/mol. The van der Waals surface area contributed by atoms with Crippen molar-refractivity contribution in [2.24, 2.45) is 11.8 Å². The molecule has 0 radical (unpaired) electrons. The van der Waals surface area contributed by atoms with Crippen LogP contribution in [-0.2, 0) is 6.42 Å². The molecular formula is C18H28N2. The summed E-state index contributed by atoms with van der Waals surface area (Å²) in [5.41, 5.74) is 4.29. The molecule has 110 valence electrons. The zero-order valence-electron chi connectivity index (χ0n) is 13.0. The van der Waals surface area contributed by atoms with Gasteiger partial charge in [-0.05, 0) is 61.6 Å². The van der Waals surface area contributed by atoms with Gasteiger partial charge in [0.25, 0.3) is 0 Å². The van der Waals surface area contributed by atoms with Gasteiger partial charge in [0, 0.05) is 31.0 Å². The van der Waals surface area contributed by atoms with Crippen molar-refractivity contribution in [2.75, 3.05) is 29.9 Å². The van der Waals surface area contributed by atoms with E-state index in [1.54, 1.807) is 0 Å². The van der Waals surface area contributed by atoms with Crippen LogP contribution in [0.25, 0.3) is 0 Å². The van der Waals surface area contributed by atoms with Crippen LogP contribution < -0.4 is 10.2 Å². The lowest BCUT2D eigenvalue weighted by Crippen LogP contribution is -2.25. The first-order valence-corrected chi connectivity index (χ1v) is 8.36. The lowest BCUT2D eigenvalue weighted by molar-refractivity contribution is 0.351. The summed E-state index contributed by atoms with van der Waals surface area (Å²) in [5, 5.41) is 3.56. The fourth-order valence-corrected chi connectivity index (χ4v) is 3.69. The van der Waals surface area contributed by atoms with E-state index in [1.165, 1.54) is 62.1 Å². The highest BCUT2D eigenvalue weighted by Crippen LogP contribution is 2.31. The molecule has 1 fully saturated rings. The predicted molar refractivity (Wildman–Crippen MR) is 87.6 cm³/mol. The van der Waals surface area contributed by atoms with E-state index >= 15 is 0 Å². The average molecular weight is 272 g/mol. The zero-order chi connectivity index (χ0) is 13.9. The van der Waals surface area contributed by atoms with Crippen LogP contribution in [0.5, 0.6) is 0 Å². The number of hydrogen-bond donors (Lipinski definition) is 1. The molecular weight excluding hydrogens is 244 g/mol. The van der Waals surface area contributed by atoms with E-state index < -0.39 is 0 Å². The fourth-order valence-electron chi connectivity index (χ4n) is 3.69. The SMILES string of the molecule is CC(C)C1CCCN(c2ccc3c(c2)NCCC3)CC1. The maximum Gasteiger partial charge on any atom is 0.0393 e. The minimum atomic E-state index is 0.833. The number of anilines is 2. The molecule has 20 heavy (non-hydrogen) atoms. The Morgan fingerprint density at radius 1 is 1.15 bits per heavy atom. The van der Waals surface area contributed by atoms with Gasteiger partial charge in [0.15, 0.2) is 0 Å². The molecule has 0 aliphatic carbocycles. The van der Waals surface area contributed by atoms with Crippen LogP contribution >= 0.6 is 0 Å². The molecule has 1 N–H and O–H groups in total. The molecule has 0 aromatic heterocycles. The second kappa shape index (κ2) is 6.07. The number of nitrogens with zero attached hydrogens (tertiary/aromatic N) is 1. The lowest BCUT2D eigenvalue weighted by Gasteiger charge is -2.26. The Morgan fingerprint density at radius 3 is 2.90 bits per heavy atom. The van der Waals surface area contributed by atoms with Crippen LogP contribution in [0, 0.1) is 11.8 Å². The third kappa shape index (κ3) is 2.94. The number of benzene rings is 1. The maximum absolute atomic E-state index is 3.56. The number of aryl methyl sites for hydroxylation is 1. The van der Waals surface area contributed by atoms with Crippen molar-refractivity contribution in [1.82, 2.24) is 0 Å². The molecule has 1 aromatic rings. The summed E-state index contributed by atoms with van der Waals surface area (Å²) in [4.78, 5) is 2.60. The summed E-state index contributed by atoms with van der Waals surface area (Å²) in [7, 11) is 0. The molecule has 0 amide bonds. The third-order valence-corrected chi connectivity index (χ3v) is 5.11. The minimum Gasteiger partial charge on any atom is -0.385 e. The summed E-state index contributed by atoms with van der Waals surface area (Å²) in [6.07, 6.45) is 6.59. The smallest absolute Gasteiger partial charge is 0.0393 e. The van der Waals surface area contributed by atoms with E-state index in [0.29, 0.717) is 0 Å². The van der Waals surface area contributed by atoms with E-state index in [4.69, 9.17) is 0 Å². The largest absolute Gasteiger partial charge is 0.385 e. The van der Waals surface area contributed by atoms with E-state index in [-0.39, 0.29) is 0 Å². The summed E-state index contributed by atoms with van der Waals surface area (Å²) in [6.45, 7) is 8.34. The topological polar surface area (TPSA) is 15.3 Å². The predicted octanol–water partition coefficient (Wildman–Crippen LogP) is 4.31. The van der Waals surface area contributed by atoms with Gasteiger partial charge in [-0.25, -0.2) is 0 Å². The Kier molecular flexibility index (Phi) is 4.18. The molecule has 1 atom stereocenters. The van der Waals surface area contributed by atoms with E-state index in [2.05, 4.69) is 42.3 Å². The molecule has 1 aromatic carbocycles. The van der Waals surface area contributed by atoms with Gasteiger partial charge >= 0.3 is 0 Å². The molecule has 0 bridgehead atoms. The first-order valence-electron chi connectivity index (χ1n) is 8.36. The van der Waals surface area contributed by atoms with Crippen LogP contribution in [0.1, 0.15) is 45.1 Å². The third-order valence-electron chi connectivity index (χ3n) is 5.11. The van der Waals surface area contributed by atoms with Gasteiger partial charge in [-0.1, -0.05) is 19.9 Å². The van der Waals surface area contributed by atoms with Crippen LogP contribution in [0.2, 0.25) is 0 Å². The molecule has 2 nitrogen and oxygen atoms in total. The molecule has 2 aliphatic heterocycles. The van der Waals surface area contributed by atoms with E-state index in [9.17, 15) is 0 Å². The number of nitrogens with one attached hydrogen (secondary N) is 1. The highest BCUT2D eigenvalue weighted by Gasteiger charge is 2.20. The standard InChI is InChI=1S/C18H28N2/c1-14(2)15-6-4-11-20(12-9-15)17-8-7-16-5-3-10-19-18(16)13-17/h7-8,13-15,19H,3-6,9-12H2,1-2H3. The van der Waals surface area contributed by atoms with Crippen LogP contribution in [0.4, 0.5) is 11.4 Å². The summed E-state index contributed by atoms with van der Waals surface area (Å²) >= 11 is 0. The van der Waals surface area contributed by atoms with Crippen LogP contribution in [0.15, 0.2) is 18.2 Å². The van der Waals surface area contributed by atoms with Crippen molar-refractivity contribution >= 4 is 11.4 Å². The van der Waals surface area contributed by atoms with Crippen molar-refractivity contribution in [1.29, 1.82) is 0 Å². The highest BCUT2D eigenvalue weighted by molar-refractivity contribution is 5.63. The first-order chi connectivity index (χ1) is 9.74. The van der Waals surface area contributed by atoms with Crippen LogP contribution in [-0.4, -0.2) is 19.6 Å². The van der Waals surface area contributed by atoms with E-state index in [1.807, 2.05) is 0 Å². The molecule has 2 heterocycles. The first kappa shape index (κ1) is 13.8. The Morgan fingerprint density at radius 2 is 2.05 bits per heavy atom. The summed E-state index contributed by atoms with van der Waals surface area (Å²) in [6, 6.07) is 7.05. The molecule has 1 unspecified atom stereocenters. The lowest BCUT2D eigenvalue weighted by atomic mass is 9.89. The van der Waals surface area contributed by atoms with Crippen molar-refractivity contribution in [3.63, 3.8) is 0 Å². The number of hydrogen-bond acceptors (Lipinski definition) is 2. The second-order valence-electron chi connectivity index (χ2n) is 6.79. The van der Waals surface area contributed by atoms with Crippen molar-refractivity contribution < 1.29 is 0 Å². The van der Waals surface area contributed by atoms with Gasteiger partial charge < -0.3 is 10.2 Å². The number of rotatable bonds is 2. The summed E-state index contributed by atoms with van der Waals surface area (Å²) < 4.78 is 0. The van der Waals surface area contributed by atoms with Crippen molar-refractivity contribution in [3.05, 3.63) is 23.8 Å². The highest BCUT2D eigenvalue weighted by atomic mass is 15.1. The van der Waals surface area contributed by atoms with Gasteiger partial charge in [-0.3, -0.25) is 0 Å². The van der Waals surface area contributed by atoms with Gasteiger partial charge in [-0.15, -0.1) is 0 Å². The van der Waals surface area contributed by atoms with Gasteiger partial charge in [-0.2, -0.15) is 0 Å². The Balaban J connectivity index is 1.72. The van der Waals surface area contributed by atoms with Crippen molar-refractivity contribution in [3.8, 4) is 0 Å². The van der Waals surface area contributed by atoms with Gasteiger partial charge in [0.1, 0.15) is 0 Å². The molecule has 2 aliphatic rings. The Bertz CT molecular complexity index is 453. The Labute approximate surface area is 123 Å². The van der Waals surface area contributed by atoms with Crippen LogP contribution in [0.3, 0.4) is 0 Å². The minimum absolute atomic E-state index is 0.833. The molecule has 0 saturated carbocycles. The molecule has 3 rings (SSSR count). The second-order valence-corrected chi connectivity index (χ2v) is 6.79. The fraction of sp³-hybridized carbons (Fsp3) is 0.667. The molecule has 1 saturated heterocycles. The molecule has 2 heteroatoms. The quantitative estimate of drug-likeness (QED) is 0.863.